The fourth-order valence-corrected chi connectivity index (χ4v) is 6.10. The molecule has 176 valence electrons. The molecule has 0 aliphatic heterocycles. The second-order valence-electron chi connectivity index (χ2n) is 7.73. The first-order valence-electron chi connectivity index (χ1n) is 10.1. The van der Waals surface area contributed by atoms with Crippen molar-refractivity contribution in [3.05, 3.63) is 76.3 Å². The van der Waals surface area contributed by atoms with Gasteiger partial charge in [-0.1, -0.05) is 49.4 Å². The van der Waals surface area contributed by atoms with Crippen LogP contribution < -0.4 is 0 Å². The molecule has 0 N–H and O–H groups in total. The molecule has 33 heavy (non-hydrogen) atoms. The number of nitrogens with zero attached hydrogens (tertiary/aromatic N) is 4. The number of ether oxygens (including phenoxy) is 1. The molecule has 0 bridgehead atoms. The van der Waals surface area contributed by atoms with Crippen molar-refractivity contribution < 1.29 is 22.3 Å². The molecule has 0 radical (unpaired) electrons. The van der Waals surface area contributed by atoms with Gasteiger partial charge in [0.25, 0.3) is 0 Å². The van der Waals surface area contributed by atoms with Gasteiger partial charge in [-0.05, 0) is 45.6 Å². The molecule has 1 aromatic heterocycles. The van der Waals surface area contributed by atoms with E-state index in [-0.39, 0.29) is 15.9 Å². The van der Waals surface area contributed by atoms with E-state index in [0.29, 0.717) is 12.2 Å². The van der Waals surface area contributed by atoms with Crippen molar-refractivity contribution in [1.82, 2.24) is 19.3 Å². The smallest absolute Gasteiger partial charge is 0.324 e. The number of sulfonamides is 1. The number of benzene rings is 2. The predicted octanol–water partition coefficient (Wildman–Crippen LogP) is 3.62. The molecule has 2 aromatic carbocycles. The van der Waals surface area contributed by atoms with Gasteiger partial charge < -0.3 is 4.74 Å². The molecule has 8 nitrogen and oxygen atoms in total. The monoisotopic (exact) mass is 538 g/mol. The van der Waals surface area contributed by atoms with Gasteiger partial charge in [0.05, 0.1) is 37.0 Å². The van der Waals surface area contributed by atoms with E-state index < -0.39 is 33.8 Å². The molecule has 1 atom stereocenters. The van der Waals surface area contributed by atoms with Crippen LogP contribution in [0.3, 0.4) is 0 Å². The first-order chi connectivity index (χ1) is 15.6. The van der Waals surface area contributed by atoms with Crippen LogP contribution in [0, 0.1) is 11.7 Å². The molecule has 0 aliphatic carbocycles. The Labute approximate surface area is 200 Å². The van der Waals surface area contributed by atoms with Gasteiger partial charge in [-0.15, -0.1) is 5.10 Å². The maximum absolute atomic E-state index is 13.6. The molecule has 0 fully saturated rings. The predicted molar refractivity (Wildman–Crippen MR) is 123 cm³/mol. The van der Waals surface area contributed by atoms with Crippen LogP contribution in [0.4, 0.5) is 4.39 Å². The first-order valence-corrected chi connectivity index (χ1v) is 12.3. The molecule has 0 unspecified atom stereocenters. The number of esters is 1. The molecular weight excluding hydrogens is 515 g/mol. The Kier molecular flexibility index (Phi) is 7.98. The van der Waals surface area contributed by atoms with Crippen molar-refractivity contribution in [1.29, 1.82) is 0 Å². The van der Waals surface area contributed by atoms with Crippen LogP contribution in [-0.2, 0) is 32.6 Å². The average molecular weight is 539 g/mol. The summed E-state index contributed by atoms with van der Waals surface area (Å²) in [5.41, 5.74) is 1.35. The van der Waals surface area contributed by atoms with Gasteiger partial charge >= 0.3 is 5.97 Å². The maximum Gasteiger partial charge on any atom is 0.324 e. The number of methoxy groups -OCH3 is 1. The normalized spacial score (nSPS) is 12.8. The Bertz CT molecular complexity index is 1220. The minimum absolute atomic E-state index is 0.0487. The van der Waals surface area contributed by atoms with Crippen molar-refractivity contribution in [2.45, 2.75) is 37.9 Å². The van der Waals surface area contributed by atoms with E-state index >= 15 is 0 Å². The Morgan fingerprint density at radius 1 is 1.21 bits per heavy atom. The summed E-state index contributed by atoms with van der Waals surface area (Å²) in [5, 5.41) is 8.19. The van der Waals surface area contributed by atoms with Gasteiger partial charge in [0, 0.05) is 4.47 Å². The Morgan fingerprint density at radius 2 is 1.91 bits per heavy atom. The van der Waals surface area contributed by atoms with Crippen molar-refractivity contribution in [2.75, 3.05) is 7.11 Å². The number of aromatic nitrogens is 3. The van der Waals surface area contributed by atoms with Gasteiger partial charge in [0.1, 0.15) is 11.9 Å². The lowest BCUT2D eigenvalue weighted by Gasteiger charge is -2.31. The Balaban J connectivity index is 2.00. The minimum atomic E-state index is -4.25. The molecule has 0 saturated heterocycles. The third kappa shape index (κ3) is 5.84. The van der Waals surface area contributed by atoms with Crippen LogP contribution in [0.15, 0.2) is 64.1 Å². The third-order valence-corrected chi connectivity index (χ3v) is 7.76. The van der Waals surface area contributed by atoms with Crippen LogP contribution in [0.1, 0.15) is 25.1 Å². The van der Waals surface area contributed by atoms with E-state index in [1.807, 2.05) is 30.3 Å². The van der Waals surface area contributed by atoms with Crippen molar-refractivity contribution in [3.8, 4) is 0 Å². The summed E-state index contributed by atoms with van der Waals surface area (Å²) in [6, 6.07) is 11.7. The zero-order chi connectivity index (χ0) is 24.2. The Morgan fingerprint density at radius 3 is 2.52 bits per heavy atom. The quantitative estimate of drug-likeness (QED) is 0.386. The van der Waals surface area contributed by atoms with E-state index in [1.165, 1.54) is 7.11 Å². The second-order valence-corrected chi connectivity index (χ2v) is 10.4. The number of halogens is 2. The fourth-order valence-electron chi connectivity index (χ4n) is 3.40. The maximum atomic E-state index is 13.6. The summed E-state index contributed by atoms with van der Waals surface area (Å²) in [7, 11) is -3.05. The van der Waals surface area contributed by atoms with Crippen LogP contribution in [0.2, 0.25) is 0 Å². The van der Waals surface area contributed by atoms with Gasteiger partial charge in [-0.3, -0.25) is 4.79 Å². The zero-order valence-corrected chi connectivity index (χ0v) is 20.8. The molecule has 0 saturated carbocycles. The second kappa shape index (κ2) is 10.5. The molecule has 0 aliphatic rings. The lowest BCUT2D eigenvalue weighted by atomic mass is 10.0. The molecule has 0 spiro atoms. The van der Waals surface area contributed by atoms with Crippen LogP contribution in [0.25, 0.3) is 0 Å². The van der Waals surface area contributed by atoms with E-state index in [0.717, 1.165) is 28.1 Å². The lowest BCUT2D eigenvalue weighted by molar-refractivity contribution is -0.146. The highest BCUT2D eigenvalue weighted by Crippen LogP contribution is 2.30. The molecular formula is C22H24BrFN4O4S. The van der Waals surface area contributed by atoms with Gasteiger partial charge in [0.15, 0.2) is 0 Å². The van der Waals surface area contributed by atoms with Crippen LogP contribution in [-0.4, -0.2) is 46.8 Å². The summed E-state index contributed by atoms with van der Waals surface area (Å²) in [5.74, 6) is -1.71. The summed E-state index contributed by atoms with van der Waals surface area (Å²) >= 11 is 3.12. The van der Waals surface area contributed by atoms with E-state index in [4.69, 9.17) is 4.74 Å². The topological polar surface area (TPSA) is 94.4 Å². The van der Waals surface area contributed by atoms with Crippen LogP contribution in [0.5, 0.6) is 0 Å². The summed E-state index contributed by atoms with van der Waals surface area (Å²) in [6.45, 7) is 3.67. The molecule has 1 heterocycles. The van der Waals surface area contributed by atoms with Gasteiger partial charge in [-0.2, -0.15) is 4.31 Å². The number of carbonyl (C=O) groups excluding carboxylic acids is 1. The molecule has 3 aromatic rings. The van der Waals surface area contributed by atoms with Crippen LogP contribution >= 0.6 is 15.9 Å². The number of carbonyl (C=O) groups is 1. The first kappa shape index (κ1) is 25.0. The lowest BCUT2D eigenvalue weighted by Crippen LogP contribution is -2.48. The van der Waals surface area contributed by atoms with Gasteiger partial charge in [-0.25, -0.2) is 17.5 Å². The zero-order valence-electron chi connectivity index (χ0n) is 18.4. The SMILES string of the molecule is COC(=O)[C@H](C(C)C)N(Cc1cn(Cc2ccccc2)nn1)S(=O)(=O)c1ccc(F)cc1Br. The fraction of sp³-hybridized carbons (Fsp3) is 0.318. The summed E-state index contributed by atoms with van der Waals surface area (Å²) in [6.07, 6.45) is 1.63. The van der Waals surface area contributed by atoms with E-state index in [9.17, 15) is 17.6 Å². The largest absolute Gasteiger partial charge is 0.468 e. The number of hydrogen-bond donors (Lipinski definition) is 0. The highest BCUT2D eigenvalue weighted by Gasteiger charge is 2.40. The molecule has 3 rings (SSSR count). The van der Waals surface area contributed by atoms with Crippen molar-refractivity contribution in [3.63, 3.8) is 0 Å². The number of hydrogen-bond acceptors (Lipinski definition) is 6. The summed E-state index contributed by atoms with van der Waals surface area (Å²) < 4.78 is 48.5. The van der Waals surface area contributed by atoms with E-state index in [2.05, 4.69) is 26.2 Å². The van der Waals surface area contributed by atoms with E-state index in [1.54, 1.807) is 24.7 Å². The highest BCUT2D eigenvalue weighted by atomic mass is 79.9. The number of rotatable bonds is 9. The van der Waals surface area contributed by atoms with Gasteiger partial charge in [0.2, 0.25) is 10.0 Å². The third-order valence-electron chi connectivity index (χ3n) is 4.96. The summed E-state index contributed by atoms with van der Waals surface area (Å²) in [4.78, 5) is 12.4. The van der Waals surface area contributed by atoms with Crippen molar-refractivity contribution in [2.24, 2.45) is 5.92 Å². The minimum Gasteiger partial charge on any atom is -0.468 e. The standard InChI is InChI=1S/C22H24BrFN4O4S/c1-15(2)21(22(29)32-3)28(33(30,31)20-10-9-17(24)11-19(20)23)14-18-13-27(26-25-18)12-16-7-5-4-6-8-16/h4-11,13,15,21H,12,14H2,1-3H3/t21-/m0/s1. The average Bonchev–Trinajstić information content (AvgIpc) is 3.20. The molecule has 0 amide bonds. The Hall–Kier alpha value is -2.63. The molecule has 11 heteroatoms. The highest BCUT2D eigenvalue weighted by molar-refractivity contribution is 9.10. The van der Waals surface area contributed by atoms with Crippen molar-refractivity contribution >= 4 is 31.9 Å².